The maximum absolute atomic E-state index is 11.5. The van der Waals surface area contributed by atoms with Gasteiger partial charge in [0.15, 0.2) is 11.9 Å². The molecule has 0 spiro atoms. The van der Waals surface area contributed by atoms with E-state index in [-0.39, 0.29) is 18.9 Å². The van der Waals surface area contributed by atoms with Crippen molar-refractivity contribution in [1.29, 1.82) is 0 Å². The standard InChI is InChI=1S/C12H19N3O5/c1-3-4-9-14-11(20-15-9)6-5-10(16)13-7-8(19-2)12(17)18/h8H,3-7H2,1-2H3,(H,13,16)(H,17,18). The summed E-state index contributed by atoms with van der Waals surface area (Å²) >= 11 is 0. The van der Waals surface area contributed by atoms with Crippen LogP contribution < -0.4 is 5.32 Å². The van der Waals surface area contributed by atoms with Gasteiger partial charge in [-0.3, -0.25) is 4.79 Å². The van der Waals surface area contributed by atoms with Crippen LogP contribution in [0.2, 0.25) is 0 Å². The molecule has 0 aliphatic rings. The third-order valence-electron chi connectivity index (χ3n) is 2.59. The predicted molar refractivity (Wildman–Crippen MR) is 68.1 cm³/mol. The molecule has 112 valence electrons. The highest BCUT2D eigenvalue weighted by Gasteiger charge is 2.17. The number of rotatable bonds is 9. The molecular weight excluding hydrogens is 266 g/mol. The summed E-state index contributed by atoms with van der Waals surface area (Å²) in [5.74, 6) is -0.365. The maximum Gasteiger partial charge on any atom is 0.334 e. The summed E-state index contributed by atoms with van der Waals surface area (Å²) in [6.07, 6.45) is 1.10. The normalized spacial score (nSPS) is 12.1. The van der Waals surface area contributed by atoms with Crippen molar-refractivity contribution in [3.05, 3.63) is 11.7 Å². The number of carboxylic acids is 1. The van der Waals surface area contributed by atoms with Crippen molar-refractivity contribution >= 4 is 11.9 Å². The van der Waals surface area contributed by atoms with Crippen molar-refractivity contribution in [1.82, 2.24) is 15.5 Å². The van der Waals surface area contributed by atoms with E-state index in [0.717, 1.165) is 12.8 Å². The second-order valence-electron chi connectivity index (χ2n) is 4.22. The zero-order valence-corrected chi connectivity index (χ0v) is 11.6. The largest absolute Gasteiger partial charge is 0.479 e. The van der Waals surface area contributed by atoms with E-state index in [4.69, 9.17) is 14.4 Å². The summed E-state index contributed by atoms with van der Waals surface area (Å²) in [4.78, 5) is 26.4. The lowest BCUT2D eigenvalue weighted by Crippen LogP contribution is -2.37. The lowest BCUT2D eigenvalue weighted by Gasteiger charge is -2.10. The lowest BCUT2D eigenvalue weighted by atomic mass is 10.2. The fourth-order valence-electron chi connectivity index (χ4n) is 1.50. The Kier molecular flexibility index (Phi) is 6.65. The minimum absolute atomic E-state index is 0.0738. The highest BCUT2D eigenvalue weighted by molar-refractivity contribution is 5.78. The van der Waals surface area contributed by atoms with Crippen molar-refractivity contribution in [2.45, 2.75) is 38.7 Å². The van der Waals surface area contributed by atoms with Crippen molar-refractivity contribution < 1.29 is 24.0 Å². The smallest absolute Gasteiger partial charge is 0.334 e. The number of carbonyl (C=O) groups is 2. The number of nitrogens with one attached hydrogen (secondary N) is 1. The van der Waals surface area contributed by atoms with Gasteiger partial charge in [0.1, 0.15) is 0 Å². The summed E-state index contributed by atoms with van der Waals surface area (Å²) in [5.41, 5.74) is 0. The first-order valence-electron chi connectivity index (χ1n) is 6.40. The van der Waals surface area contributed by atoms with Gasteiger partial charge in [0.25, 0.3) is 0 Å². The minimum Gasteiger partial charge on any atom is -0.479 e. The number of amides is 1. The molecule has 20 heavy (non-hydrogen) atoms. The fraction of sp³-hybridized carbons (Fsp3) is 0.667. The number of hydrogen-bond acceptors (Lipinski definition) is 6. The summed E-state index contributed by atoms with van der Waals surface area (Å²) in [7, 11) is 1.28. The molecule has 1 aromatic rings. The number of carbonyl (C=O) groups excluding carboxylic acids is 1. The van der Waals surface area contributed by atoms with E-state index in [9.17, 15) is 9.59 Å². The van der Waals surface area contributed by atoms with Crippen molar-refractivity contribution in [3.63, 3.8) is 0 Å². The monoisotopic (exact) mass is 285 g/mol. The molecule has 1 heterocycles. The molecule has 0 bridgehead atoms. The summed E-state index contributed by atoms with van der Waals surface area (Å²) in [6, 6.07) is 0. The van der Waals surface area contributed by atoms with Gasteiger partial charge < -0.3 is 19.7 Å². The first kappa shape index (κ1) is 16.1. The topological polar surface area (TPSA) is 115 Å². The van der Waals surface area contributed by atoms with Gasteiger partial charge in [-0.2, -0.15) is 4.98 Å². The van der Waals surface area contributed by atoms with Crippen LogP contribution in [0.15, 0.2) is 4.52 Å². The molecule has 8 heteroatoms. The molecule has 1 unspecified atom stereocenters. The van der Waals surface area contributed by atoms with Gasteiger partial charge in [-0.25, -0.2) is 4.79 Å². The molecule has 0 saturated carbocycles. The molecule has 0 aromatic carbocycles. The van der Waals surface area contributed by atoms with Crippen LogP contribution in [-0.2, 0) is 27.2 Å². The van der Waals surface area contributed by atoms with E-state index in [1.807, 2.05) is 6.92 Å². The van der Waals surface area contributed by atoms with Gasteiger partial charge in [-0.05, 0) is 6.42 Å². The van der Waals surface area contributed by atoms with E-state index in [2.05, 4.69) is 15.5 Å². The van der Waals surface area contributed by atoms with Gasteiger partial charge in [0, 0.05) is 26.4 Å². The quantitative estimate of drug-likeness (QED) is 0.664. The molecule has 8 nitrogen and oxygen atoms in total. The van der Waals surface area contributed by atoms with E-state index >= 15 is 0 Å². The number of ether oxygens (including phenoxy) is 1. The van der Waals surface area contributed by atoms with Gasteiger partial charge in [0.05, 0.1) is 6.54 Å². The van der Waals surface area contributed by atoms with Crippen molar-refractivity contribution in [2.75, 3.05) is 13.7 Å². The number of methoxy groups -OCH3 is 1. The number of aromatic nitrogens is 2. The van der Waals surface area contributed by atoms with Crippen LogP contribution in [0.3, 0.4) is 0 Å². The average Bonchev–Trinajstić information content (AvgIpc) is 2.85. The van der Waals surface area contributed by atoms with Gasteiger partial charge in [0.2, 0.25) is 11.8 Å². The Balaban J connectivity index is 2.30. The van der Waals surface area contributed by atoms with Gasteiger partial charge in [-0.1, -0.05) is 12.1 Å². The minimum atomic E-state index is -1.12. The highest BCUT2D eigenvalue weighted by atomic mass is 16.5. The van der Waals surface area contributed by atoms with Crippen molar-refractivity contribution in [2.24, 2.45) is 0 Å². The summed E-state index contributed by atoms with van der Waals surface area (Å²) in [6.45, 7) is 1.94. The molecule has 1 rings (SSSR count). The first-order valence-corrected chi connectivity index (χ1v) is 6.40. The third kappa shape index (κ3) is 5.35. The zero-order valence-electron chi connectivity index (χ0n) is 11.6. The van der Waals surface area contributed by atoms with Crippen LogP contribution in [0.25, 0.3) is 0 Å². The Hall–Kier alpha value is -1.96. The number of aliphatic carboxylic acids is 1. The highest BCUT2D eigenvalue weighted by Crippen LogP contribution is 2.03. The molecule has 1 amide bonds. The lowest BCUT2D eigenvalue weighted by molar-refractivity contribution is -0.148. The fourth-order valence-corrected chi connectivity index (χ4v) is 1.50. The van der Waals surface area contributed by atoms with Crippen LogP contribution in [0.1, 0.15) is 31.5 Å². The Labute approximate surface area is 116 Å². The molecule has 0 aliphatic carbocycles. The summed E-state index contributed by atoms with van der Waals surface area (Å²) in [5, 5.41) is 15.0. The molecule has 1 atom stereocenters. The van der Waals surface area contributed by atoms with E-state index in [1.165, 1.54) is 7.11 Å². The number of nitrogens with zero attached hydrogens (tertiary/aromatic N) is 2. The predicted octanol–water partition coefficient (Wildman–Crippen LogP) is 0.171. The SMILES string of the molecule is CCCc1noc(CCC(=O)NCC(OC)C(=O)O)n1. The Morgan fingerprint density at radius 1 is 1.45 bits per heavy atom. The van der Waals surface area contributed by atoms with Gasteiger partial charge in [-0.15, -0.1) is 0 Å². The summed E-state index contributed by atoms with van der Waals surface area (Å²) < 4.78 is 9.69. The van der Waals surface area contributed by atoms with Gasteiger partial charge >= 0.3 is 5.97 Å². The number of aryl methyl sites for hydroxylation is 2. The molecule has 0 fully saturated rings. The molecule has 0 saturated heterocycles. The number of carboxylic acid groups (broad SMARTS) is 1. The van der Waals surface area contributed by atoms with Crippen LogP contribution in [0.5, 0.6) is 0 Å². The Bertz CT molecular complexity index is 446. The van der Waals surface area contributed by atoms with E-state index in [0.29, 0.717) is 18.1 Å². The molecule has 0 aliphatic heterocycles. The van der Waals surface area contributed by atoms with Crippen LogP contribution in [0, 0.1) is 0 Å². The van der Waals surface area contributed by atoms with E-state index in [1.54, 1.807) is 0 Å². The Morgan fingerprint density at radius 3 is 2.80 bits per heavy atom. The van der Waals surface area contributed by atoms with E-state index < -0.39 is 12.1 Å². The first-order chi connectivity index (χ1) is 9.56. The Morgan fingerprint density at radius 2 is 2.20 bits per heavy atom. The van der Waals surface area contributed by atoms with Crippen LogP contribution in [0.4, 0.5) is 0 Å². The maximum atomic E-state index is 11.5. The van der Waals surface area contributed by atoms with Crippen LogP contribution >= 0.6 is 0 Å². The molecule has 2 N–H and O–H groups in total. The molecule has 1 aromatic heterocycles. The zero-order chi connectivity index (χ0) is 15.0. The molecule has 0 radical (unpaired) electrons. The second kappa shape index (κ2) is 8.26. The second-order valence-corrected chi connectivity index (χ2v) is 4.22. The third-order valence-corrected chi connectivity index (χ3v) is 2.59. The number of hydrogen-bond donors (Lipinski definition) is 2. The average molecular weight is 285 g/mol. The molecular formula is C12H19N3O5. The van der Waals surface area contributed by atoms with Crippen molar-refractivity contribution in [3.8, 4) is 0 Å². The van der Waals surface area contributed by atoms with Crippen LogP contribution in [-0.4, -0.2) is 46.9 Å².